The van der Waals surface area contributed by atoms with Crippen molar-refractivity contribution < 1.29 is 4.74 Å². The van der Waals surface area contributed by atoms with E-state index in [2.05, 4.69) is 43.0 Å². The van der Waals surface area contributed by atoms with Crippen LogP contribution in [0.4, 0.5) is 0 Å². The molecule has 0 saturated carbocycles. The summed E-state index contributed by atoms with van der Waals surface area (Å²) in [5, 5.41) is 1.70. The maximum Gasteiger partial charge on any atom is 0.258 e. The van der Waals surface area contributed by atoms with E-state index in [-0.39, 0.29) is 5.56 Å². The number of fused-ring (bicyclic) bond motifs is 1. The molecular formula is C25H30N2O2. The number of aromatic nitrogens is 1. The van der Waals surface area contributed by atoms with Crippen LogP contribution in [0, 0.1) is 0 Å². The van der Waals surface area contributed by atoms with E-state index in [0.717, 1.165) is 39.9 Å². The van der Waals surface area contributed by atoms with Crippen molar-refractivity contribution in [3.63, 3.8) is 0 Å². The smallest absolute Gasteiger partial charge is 0.258 e. The van der Waals surface area contributed by atoms with E-state index >= 15 is 0 Å². The van der Waals surface area contributed by atoms with Crippen molar-refractivity contribution in [3.05, 3.63) is 64.6 Å². The minimum absolute atomic E-state index is 0.0506. The summed E-state index contributed by atoms with van der Waals surface area (Å²) in [6, 6.07) is 17.2. The van der Waals surface area contributed by atoms with Gasteiger partial charge in [-0.3, -0.25) is 9.69 Å². The van der Waals surface area contributed by atoms with Gasteiger partial charge in [-0.15, -0.1) is 0 Å². The standard InChI is InChI=1S/C25H30N2O2/c1-17-9-8-10-18(2)27(17)16-23-24(19-11-6-5-7-12-19)22-15-20(29-4)13-14-21(22)25(28)26(23)3/h5-7,11-15,17-18H,8-10,16H2,1-4H3. The third-order valence-electron chi connectivity index (χ3n) is 6.50. The number of benzene rings is 2. The Hall–Kier alpha value is -2.59. The van der Waals surface area contributed by atoms with Gasteiger partial charge in [0.2, 0.25) is 0 Å². The number of pyridine rings is 1. The predicted molar refractivity (Wildman–Crippen MR) is 119 cm³/mol. The zero-order chi connectivity index (χ0) is 20.5. The Balaban J connectivity index is 1.99. The molecule has 0 amide bonds. The lowest BCUT2D eigenvalue weighted by molar-refractivity contribution is 0.0928. The quantitative estimate of drug-likeness (QED) is 0.630. The van der Waals surface area contributed by atoms with Gasteiger partial charge in [0.25, 0.3) is 5.56 Å². The van der Waals surface area contributed by atoms with Crippen molar-refractivity contribution in [2.24, 2.45) is 7.05 Å². The van der Waals surface area contributed by atoms with Crippen molar-refractivity contribution in [2.75, 3.05) is 7.11 Å². The molecule has 2 heterocycles. The molecule has 0 radical (unpaired) electrons. The molecule has 2 aromatic carbocycles. The minimum Gasteiger partial charge on any atom is -0.497 e. The highest BCUT2D eigenvalue weighted by Gasteiger charge is 2.27. The fraction of sp³-hybridized carbons (Fsp3) is 0.400. The molecule has 4 nitrogen and oxygen atoms in total. The molecule has 4 rings (SSSR count). The van der Waals surface area contributed by atoms with E-state index in [1.54, 1.807) is 7.11 Å². The van der Waals surface area contributed by atoms with Gasteiger partial charge in [0.1, 0.15) is 5.75 Å². The summed E-state index contributed by atoms with van der Waals surface area (Å²) in [5.41, 5.74) is 3.39. The van der Waals surface area contributed by atoms with E-state index in [4.69, 9.17) is 4.74 Å². The molecule has 2 unspecified atom stereocenters. The van der Waals surface area contributed by atoms with Crippen molar-refractivity contribution >= 4 is 10.8 Å². The fourth-order valence-electron chi connectivity index (χ4n) is 4.74. The molecular weight excluding hydrogens is 360 g/mol. The Morgan fingerprint density at radius 1 is 1.00 bits per heavy atom. The minimum atomic E-state index is 0.0506. The summed E-state index contributed by atoms with van der Waals surface area (Å²) in [7, 11) is 3.58. The zero-order valence-electron chi connectivity index (χ0n) is 17.8. The zero-order valence-corrected chi connectivity index (χ0v) is 17.8. The number of ether oxygens (including phenoxy) is 1. The second-order valence-electron chi connectivity index (χ2n) is 8.26. The van der Waals surface area contributed by atoms with Crippen LogP contribution in [-0.2, 0) is 13.6 Å². The van der Waals surface area contributed by atoms with Crippen LogP contribution in [-0.4, -0.2) is 28.7 Å². The molecule has 0 bridgehead atoms. The van der Waals surface area contributed by atoms with Crippen LogP contribution >= 0.6 is 0 Å². The van der Waals surface area contributed by atoms with Crippen LogP contribution in [0.5, 0.6) is 5.75 Å². The maximum absolute atomic E-state index is 13.2. The van der Waals surface area contributed by atoms with Crippen LogP contribution in [0.15, 0.2) is 53.3 Å². The van der Waals surface area contributed by atoms with Crippen molar-refractivity contribution in [1.29, 1.82) is 0 Å². The van der Waals surface area contributed by atoms with Gasteiger partial charge in [-0.2, -0.15) is 0 Å². The molecule has 1 aromatic heterocycles. The average molecular weight is 391 g/mol. The highest BCUT2D eigenvalue weighted by molar-refractivity contribution is 5.98. The van der Waals surface area contributed by atoms with Crippen molar-refractivity contribution in [3.8, 4) is 16.9 Å². The topological polar surface area (TPSA) is 34.5 Å². The number of hydrogen-bond acceptors (Lipinski definition) is 3. The molecule has 0 N–H and O–H groups in total. The van der Waals surface area contributed by atoms with Gasteiger partial charge in [-0.05, 0) is 50.5 Å². The normalized spacial score (nSPS) is 20.1. The SMILES string of the molecule is COc1ccc2c(=O)n(C)c(CN3C(C)CCCC3C)c(-c3ccccc3)c2c1. The molecule has 2 atom stereocenters. The Bertz CT molecular complexity index is 1060. The molecule has 1 fully saturated rings. The molecule has 29 heavy (non-hydrogen) atoms. The molecule has 0 spiro atoms. The molecule has 1 aliphatic heterocycles. The lowest BCUT2D eigenvalue weighted by atomic mass is 9.93. The van der Waals surface area contributed by atoms with Crippen LogP contribution < -0.4 is 10.3 Å². The van der Waals surface area contributed by atoms with E-state index in [9.17, 15) is 4.79 Å². The first-order chi connectivity index (χ1) is 14.0. The number of rotatable bonds is 4. The lowest BCUT2D eigenvalue weighted by Crippen LogP contribution is -2.44. The Labute approximate surface area is 172 Å². The van der Waals surface area contributed by atoms with Gasteiger partial charge in [0.15, 0.2) is 0 Å². The molecule has 1 saturated heterocycles. The Kier molecular flexibility index (Phi) is 5.46. The summed E-state index contributed by atoms with van der Waals surface area (Å²) in [5.74, 6) is 0.772. The number of nitrogens with zero attached hydrogens (tertiary/aromatic N) is 2. The summed E-state index contributed by atoms with van der Waals surface area (Å²) < 4.78 is 7.34. The first-order valence-corrected chi connectivity index (χ1v) is 10.5. The van der Waals surface area contributed by atoms with Crippen molar-refractivity contribution in [1.82, 2.24) is 9.47 Å². The van der Waals surface area contributed by atoms with Gasteiger partial charge in [0, 0.05) is 47.7 Å². The lowest BCUT2D eigenvalue weighted by Gasteiger charge is -2.39. The first kappa shape index (κ1) is 19.7. The Morgan fingerprint density at radius 2 is 1.69 bits per heavy atom. The molecule has 0 aliphatic carbocycles. The number of methoxy groups -OCH3 is 1. The Morgan fingerprint density at radius 3 is 2.34 bits per heavy atom. The van der Waals surface area contributed by atoms with Crippen LogP contribution in [0.25, 0.3) is 21.9 Å². The van der Waals surface area contributed by atoms with Crippen LogP contribution in [0.1, 0.15) is 38.8 Å². The van der Waals surface area contributed by atoms with Crippen LogP contribution in [0.2, 0.25) is 0 Å². The van der Waals surface area contributed by atoms with Gasteiger partial charge in [-0.1, -0.05) is 36.8 Å². The van der Waals surface area contributed by atoms with E-state index < -0.39 is 0 Å². The predicted octanol–water partition coefficient (Wildman–Crippen LogP) is 4.98. The summed E-state index contributed by atoms with van der Waals surface area (Å²) >= 11 is 0. The highest BCUT2D eigenvalue weighted by atomic mass is 16.5. The molecule has 1 aliphatic rings. The second kappa shape index (κ2) is 8.03. The summed E-state index contributed by atoms with van der Waals surface area (Å²) in [4.78, 5) is 15.8. The van der Waals surface area contributed by atoms with Gasteiger partial charge < -0.3 is 9.30 Å². The summed E-state index contributed by atoms with van der Waals surface area (Å²) in [6.07, 6.45) is 3.69. The number of likely N-dealkylation sites (tertiary alicyclic amines) is 1. The summed E-state index contributed by atoms with van der Waals surface area (Å²) in [6.45, 7) is 5.38. The highest BCUT2D eigenvalue weighted by Crippen LogP contribution is 2.35. The van der Waals surface area contributed by atoms with Gasteiger partial charge in [0.05, 0.1) is 7.11 Å². The van der Waals surface area contributed by atoms with Crippen LogP contribution in [0.3, 0.4) is 0 Å². The second-order valence-corrected chi connectivity index (χ2v) is 8.26. The maximum atomic E-state index is 13.2. The van der Waals surface area contributed by atoms with Gasteiger partial charge >= 0.3 is 0 Å². The third-order valence-corrected chi connectivity index (χ3v) is 6.50. The largest absolute Gasteiger partial charge is 0.497 e. The van der Waals surface area contributed by atoms with E-state index in [1.807, 2.05) is 35.9 Å². The monoisotopic (exact) mass is 390 g/mol. The average Bonchev–Trinajstić information content (AvgIpc) is 2.74. The fourth-order valence-corrected chi connectivity index (χ4v) is 4.74. The van der Waals surface area contributed by atoms with Gasteiger partial charge in [-0.25, -0.2) is 0 Å². The molecule has 3 aromatic rings. The molecule has 4 heteroatoms. The van der Waals surface area contributed by atoms with Crippen molar-refractivity contribution in [2.45, 2.75) is 51.7 Å². The number of hydrogen-bond donors (Lipinski definition) is 0. The first-order valence-electron chi connectivity index (χ1n) is 10.5. The van der Waals surface area contributed by atoms with E-state index in [1.165, 1.54) is 19.3 Å². The number of piperidine rings is 1. The molecule has 152 valence electrons. The third kappa shape index (κ3) is 3.58. The van der Waals surface area contributed by atoms with E-state index in [0.29, 0.717) is 12.1 Å².